The molecule has 1 aromatic rings. The maximum Gasteiger partial charge on any atom is 0.308 e. The van der Waals surface area contributed by atoms with Gasteiger partial charge in [-0.15, -0.1) is 0 Å². The highest BCUT2D eigenvalue weighted by Crippen LogP contribution is 2.50. The smallest absolute Gasteiger partial charge is 0.308 e. The van der Waals surface area contributed by atoms with Crippen LogP contribution in [0.15, 0.2) is 22.3 Å². The van der Waals surface area contributed by atoms with Gasteiger partial charge in [0.25, 0.3) is 0 Å². The molecule has 4 atom stereocenters. The van der Waals surface area contributed by atoms with Gasteiger partial charge in [-0.2, -0.15) is 0 Å². The van der Waals surface area contributed by atoms with Gasteiger partial charge in [0.1, 0.15) is 11.9 Å². The lowest BCUT2D eigenvalue weighted by Gasteiger charge is -2.47. The zero-order valence-corrected chi connectivity index (χ0v) is 14.9. The van der Waals surface area contributed by atoms with Gasteiger partial charge in [0.2, 0.25) is 0 Å². The summed E-state index contributed by atoms with van der Waals surface area (Å²) in [6.07, 6.45) is 7.68. The Morgan fingerprint density at radius 3 is 2.96 bits per heavy atom. The van der Waals surface area contributed by atoms with Gasteiger partial charge in [0.15, 0.2) is 0 Å². The molecule has 2 aliphatic carbocycles. The number of hydrogen-bond donors (Lipinski definition) is 0. The normalized spacial score (nSPS) is 30.9. The number of furan rings is 1. The number of carbonyl (C=O) groups is 1. The number of ether oxygens (including phenoxy) is 1. The van der Waals surface area contributed by atoms with Crippen LogP contribution in [0.3, 0.4) is 0 Å². The van der Waals surface area contributed by atoms with Crippen LogP contribution >= 0.6 is 0 Å². The van der Waals surface area contributed by atoms with Crippen molar-refractivity contribution in [1.82, 2.24) is 0 Å². The van der Waals surface area contributed by atoms with Gasteiger partial charge in [-0.05, 0) is 36.3 Å². The lowest BCUT2D eigenvalue weighted by molar-refractivity contribution is -0.158. The highest BCUT2D eigenvalue weighted by molar-refractivity contribution is 5.72. The van der Waals surface area contributed by atoms with Gasteiger partial charge in [0.05, 0.1) is 12.2 Å². The molecule has 0 saturated carbocycles. The largest absolute Gasteiger partial charge is 0.468 e. The minimum absolute atomic E-state index is 0.0148. The molecular formula is C20H28O3. The summed E-state index contributed by atoms with van der Waals surface area (Å²) in [5.41, 5.74) is 4.10. The summed E-state index contributed by atoms with van der Waals surface area (Å²) in [4.78, 5) is 12.2. The quantitative estimate of drug-likeness (QED) is 0.603. The number of aryl methyl sites for hydroxylation is 1. The molecule has 3 rings (SSSR count). The van der Waals surface area contributed by atoms with Gasteiger partial charge in [-0.25, -0.2) is 0 Å². The first-order valence-corrected chi connectivity index (χ1v) is 8.82. The van der Waals surface area contributed by atoms with Gasteiger partial charge in [0, 0.05) is 18.8 Å². The van der Waals surface area contributed by atoms with E-state index >= 15 is 0 Å². The number of carbonyl (C=O) groups excluding carboxylic acids is 1. The maximum atomic E-state index is 12.2. The number of hydrogen-bond acceptors (Lipinski definition) is 3. The summed E-state index contributed by atoms with van der Waals surface area (Å²) in [5, 5.41) is 0. The standard InChI is InChI=1S/C20H28O3/c1-6-12(2)19(21)23-17-8-7-15-9-18-16(13(3)11-22-18)10-20(15,5)14(17)4/h7,11-12,14,17H,6,8-10H2,1-5H3/t12-,14+,17+,20-/m1/s1. The molecule has 1 heterocycles. The minimum atomic E-state index is -0.0548. The Balaban J connectivity index is 1.84. The second-order valence-electron chi connectivity index (χ2n) is 7.63. The Hall–Kier alpha value is -1.51. The molecule has 2 aliphatic rings. The van der Waals surface area contributed by atoms with Gasteiger partial charge >= 0.3 is 5.97 Å². The minimum Gasteiger partial charge on any atom is -0.468 e. The van der Waals surface area contributed by atoms with E-state index in [9.17, 15) is 4.79 Å². The van der Waals surface area contributed by atoms with Crippen LogP contribution in [0, 0.1) is 24.2 Å². The topological polar surface area (TPSA) is 39.4 Å². The molecule has 0 aliphatic heterocycles. The summed E-state index contributed by atoms with van der Waals surface area (Å²) < 4.78 is 11.6. The first-order chi connectivity index (χ1) is 10.9. The number of esters is 1. The third-order valence-electron chi connectivity index (χ3n) is 6.26. The molecule has 0 amide bonds. The van der Waals surface area contributed by atoms with E-state index in [4.69, 9.17) is 9.15 Å². The molecule has 0 aromatic carbocycles. The Labute approximate surface area is 139 Å². The van der Waals surface area contributed by atoms with Crippen LogP contribution in [0.5, 0.6) is 0 Å². The van der Waals surface area contributed by atoms with Crippen molar-refractivity contribution in [3.63, 3.8) is 0 Å². The van der Waals surface area contributed by atoms with Crippen molar-refractivity contribution in [2.45, 2.75) is 66.4 Å². The fourth-order valence-corrected chi connectivity index (χ4v) is 3.98. The Bertz CT molecular complexity index is 639. The Morgan fingerprint density at radius 1 is 1.52 bits per heavy atom. The second kappa shape index (κ2) is 5.85. The number of rotatable bonds is 3. The fourth-order valence-electron chi connectivity index (χ4n) is 3.98. The zero-order valence-electron chi connectivity index (χ0n) is 14.9. The summed E-state index contributed by atoms with van der Waals surface area (Å²) >= 11 is 0. The molecule has 0 fully saturated rings. The van der Waals surface area contributed by atoms with E-state index in [1.165, 1.54) is 16.7 Å². The fraction of sp³-hybridized carbons (Fsp3) is 0.650. The van der Waals surface area contributed by atoms with Crippen LogP contribution in [-0.4, -0.2) is 12.1 Å². The molecule has 1 aromatic heterocycles. The monoisotopic (exact) mass is 316 g/mol. The highest BCUT2D eigenvalue weighted by Gasteiger charge is 2.46. The summed E-state index contributed by atoms with van der Waals surface area (Å²) in [6, 6.07) is 0. The Kier molecular flexibility index (Phi) is 4.16. The predicted octanol–water partition coefficient (Wildman–Crippen LogP) is 4.62. The number of allylic oxidation sites excluding steroid dienone is 1. The first-order valence-electron chi connectivity index (χ1n) is 8.82. The predicted molar refractivity (Wildman–Crippen MR) is 90.2 cm³/mol. The van der Waals surface area contributed by atoms with Crippen LogP contribution in [0.4, 0.5) is 0 Å². The molecule has 3 nitrogen and oxygen atoms in total. The van der Waals surface area contributed by atoms with Crippen molar-refractivity contribution in [3.8, 4) is 0 Å². The van der Waals surface area contributed by atoms with Gasteiger partial charge in [-0.3, -0.25) is 4.79 Å². The maximum absolute atomic E-state index is 12.2. The van der Waals surface area contributed by atoms with E-state index in [0.29, 0.717) is 5.92 Å². The molecule has 0 N–H and O–H groups in total. The molecule has 0 unspecified atom stereocenters. The SMILES string of the molecule is CC[C@@H](C)C(=O)O[C@H]1CC=C2Cc3occ(C)c3C[C@]2(C)[C@H]1C. The zero-order chi connectivity index (χ0) is 16.8. The number of fused-ring (bicyclic) bond motifs is 2. The van der Waals surface area contributed by atoms with Crippen molar-refractivity contribution >= 4 is 5.97 Å². The van der Waals surface area contributed by atoms with E-state index in [-0.39, 0.29) is 23.4 Å². The molecule has 3 heteroatoms. The van der Waals surface area contributed by atoms with E-state index < -0.39 is 0 Å². The van der Waals surface area contributed by atoms with Crippen LogP contribution in [0.1, 0.15) is 57.4 Å². The van der Waals surface area contributed by atoms with Crippen LogP contribution in [0.25, 0.3) is 0 Å². The van der Waals surface area contributed by atoms with Crippen molar-refractivity contribution in [2.75, 3.05) is 0 Å². The lowest BCUT2D eigenvalue weighted by atomic mass is 9.59. The van der Waals surface area contributed by atoms with Crippen molar-refractivity contribution < 1.29 is 13.9 Å². The van der Waals surface area contributed by atoms with Crippen LogP contribution in [0.2, 0.25) is 0 Å². The summed E-state index contributed by atoms with van der Waals surface area (Å²) in [7, 11) is 0. The second-order valence-corrected chi connectivity index (χ2v) is 7.63. The van der Waals surface area contributed by atoms with E-state index in [1.54, 1.807) is 0 Å². The molecule has 23 heavy (non-hydrogen) atoms. The molecule has 0 spiro atoms. The third kappa shape index (κ3) is 2.64. The third-order valence-corrected chi connectivity index (χ3v) is 6.26. The van der Waals surface area contributed by atoms with Crippen molar-refractivity contribution in [1.29, 1.82) is 0 Å². The van der Waals surface area contributed by atoms with E-state index in [1.807, 2.05) is 20.1 Å². The molecular weight excluding hydrogens is 288 g/mol. The first kappa shape index (κ1) is 16.4. The average molecular weight is 316 g/mol. The van der Waals surface area contributed by atoms with E-state index in [0.717, 1.165) is 31.4 Å². The van der Waals surface area contributed by atoms with Crippen molar-refractivity contribution in [3.05, 3.63) is 34.8 Å². The lowest BCUT2D eigenvalue weighted by Crippen LogP contribution is -2.45. The molecule has 0 saturated heterocycles. The van der Waals surface area contributed by atoms with Gasteiger partial charge in [-0.1, -0.05) is 39.3 Å². The van der Waals surface area contributed by atoms with Gasteiger partial charge < -0.3 is 9.15 Å². The summed E-state index contributed by atoms with van der Waals surface area (Å²) in [5.74, 6) is 1.36. The average Bonchev–Trinajstić information content (AvgIpc) is 2.88. The Morgan fingerprint density at radius 2 is 2.26 bits per heavy atom. The van der Waals surface area contributed by atoms with Crippen molar-refractivity contribution in [2.24, 2.45) is 17.3 Å². The summed E-state index contributed by atoms with van der Waals surface area (Å²) in [6.45, 7) is 10.7. The molecule has 126 valence electrons. The molecule has 0 radical (unpaired) electrons. The van der Waals surface area contributed by atoms with Crippen LogP contribution < -0.4 is 0 Å². The van der Waals surface area contributed by atoms with E-state index in [2.05, 4.69) is 26.8 Å². The van der Waals surface area contributed by atoms with Crippen LogP contribution in [-0.2, 0) is 22.4 Å². The molecule has 0 bridgehead atoms. The highest BCUT2D eigenvalue weighted by atomic mass is 16.5.